The molecule has 3 N–H and O–H groups in total. The largest absolute Gasteiger partial charge is 0.349 e. The van der Waals surface area contributed by atoms with Crippen molar-refractivity contribution in [2.45, 2.75) is 38.3 Å². The summed E-state index contributed by atoms with van der Waals surface area (Å²) in [6.07, 6.45) is 3.12. The van der Waals surface area contributed by atoms with Crippen molar-refractivity contribution in [3.05, 3.63) is 35.4 Å². The van der Waals surface area contributed by atoms with Crippen LogP contribution in [0.25, 0.3) is 0 Å². The van der Waals surface area contributed by atoms with Gasteiger partial charge in [-0.05, 0) is 50.2 Å². The number of nitrogens with one attached hydrogen (secondary N) is 1. The molecule has 3 rings (SSSR count). The summed E-state index contributed by atoms with van der Waals surface area (Å²) in [5.74, 6) is -0.931. The summed E-state index contributed by atoms with van der Waals surface area (Å²) in [5, 5.41) is 2.74. The van der Waals surface area contributed by atoms with Crippen molar-refractivity contribution in [2.24, 2.45) is 23.5 Å². The van der Waals surface area contributed by atoms with E-state index < -0.39 is 17.7 Å². The van der Waals surface area contributed by atoms with E-state index in [0.717, 1.165) is 19.3 Å². The number of benzene rings is 1. The number of carbonyl (C=O) groups is 1. The predicted molar refractivity (Wildman–Crippen MR) is 82.5 cm³/mol. The molecule has 1 aromatic rings. The van der Waals surface area contributed by atoms with Crippen LogP contribution >= 0.6 is 12.4 Å². The molecule has 0 aliphatic heterocycles. The molecule has 0 saturated heterocycles. The molecule has 0 heterocycles. The van der Waals surface area contributed by atoms with E-state index in [9.17, 15) is 13.6 Å². The third kappa shape index (κ3) is 2.84. The second-order valence-electron chi connectivity index (χ2n) is 6.30. The van der Waals surface area contributed by atoms with E-state index in [1.54, 1.807) is 6.92 Å². The molecule has 1 aromatic carbocycles. The van der Waals surface area contributed by atoms with E-state index in [0.29, 0.717) is 11.8 Å². The molecule has 6 heteroatoms. The van der Waals surface area contributed by atoms with E-state index in [1.807, 2.05) is 0 Å². The fourth-order valence-electron chi connectivity index (χ4n) is 4.03. The van der Waals surface area contributed by atoms with Gasteiger partial charge in [0.05, 0.1) is 12.0 Å². The third-order valence-corrected chi connectivity index (χ3v) is 5.07. The Morgan fingerprint density at radius 3 is 2.41 bits per heavy atom. The lowest BCUT2D eigenvalue weighted by Gasteiger charge is -2.28. The van der Waals surface area contributed by atoms with Gasteiger partial charge in [-0.25, -0.2) is 8.78 Å². The minimum absolute atomic E-state index is 0. The summed E-state index contributed by atoms with van der Waals surface area (Å²) in [6.45, 7) is 1.60. The minimum Gasteiger partial charge on any atom is -0.349 e. The van der Waals surface area contributed by atoms with Crippen LogP contribution in [0.3, 0.4) is 0 Å². The number of fused-ring (bicyclic) bond motifs is 2. The molecule has 2 aliphatic rings. The summed E-state index contributed by atoms with van der Waals surface area (Å²) in [7, 11) is 0. The molecule has 5 atom stereocenters. The molecule has 5 unspecified atom stereocenters. The average Bonchev–Trinajstić information content (AvgIpc) is 2.98. The third-order valence-electron chi connectivity index (χ3n) is 5.07. The zero-order valence-electron chi connectivity index (χ0n) is 12.4. The first-order valence-corrected chi connectivity index (χ1v) is 7.49. The highest BCUT2D eigenvalue weighted by Gasteiger charge is 2.49. The highest BCUT2D eigenvalue weighted by atomic mass is 35.5. The molecular weight excluding hydrogens is 310 g/mol. The van der Waals surface area contributed by atoms with Crippen molar-refractivity contribution in [3.63, 3.8) is 0 Å². The zero-order chi connectivity index (χ0) is 15.1. The lowest BCUT2D eigenvalue weighted by molar-refractivity contribution is -0.127. The van der Waals surface area contributed by atoms with E-state index in [-0.39, 0.29) is 35.8 Å². The Kier molecular flexibility index (Phi) is 5.07. The quantitative estimate of drug-likeness (QED) is 0.895. The molecule has 2 bridgehead atoms. The molecule has 0 aromatic heterocycles. The number of rotatable bonds is 3. The SMILES string of the molecule is CC(NC(=O)C1C2CCC(C2)C1N)c1c(F)cccc1F.Cl. The minimum atomic E-state index is -0.704. The van der Waals surface area contributed by atoms with Crippen LogP contribution in [0.2, 0.25) is 0 Å². The summed E-state index contributed by atoms with van der Waals surface area (Å²) in [6, 6.07) is 2.88. The van der Waals surface area contributed by atoms with E-state index in [4.69, 9.17) is 5.73 Å². The van der Waals surface area contributed by atoms with Gasteiger partial charge in [0, 0.05) is 11.6 Å². The Labute approximate surface area is 135 Å². The zero-order valence-corrected chi connectivity index (χ0v) is 13.2. The van der Waals surface area contributed by atoms with Gasteiger partial charge in [0.15, 0.2) is 0 Å². The Hall–Kier alpha value is -1.20. The number of hydrogen-bond donors (Lipinski definition) is 2. The molecule has 2 aliphatic carbocycles. The van der Waals surface area contributed by atoms with E-state index in [2.05, 4.69) is 5.32 Å². The molecular formula is C16H21ClF2N2O. The Balaban J connectivity index is 0.00000176. The first-order chi connectivity index (χ1) is 9.99. The van der Waals surface area contributed by atoms with Crippen LogP contribution in [0.4, 0.5) is 8.78 Å². The van der Waals surface area contributed by atoms with Crippen molar-refractivity contribution in [1.29, 1.82) is 0 Å². The average molecular weight is 331 g/mol. The van der Waals surface area contributed by atoms with Gasteiger partial charge < -0.3 is 11.1 Å². The van der Waals surface area contributed by atoms with Crippen LogP contribution in [0.1, 0.15) is 37.8 Å². The topological polar surface area (TPSA) is 55.1 Å². The monoisotopic (exact) mass is 330 g/mol. The van der Waals surface area contributed by atoms with Crippen LogP contribution in [0, 0.1) is 29.4 Å². The maximum atomic E-state index is 13.7. The van der Waals surface area contributed by atoms with Gasteiger partial charge in [0.1, 0.15) is 11.6 Å². The molecule has 122 valence electrons. The standard InChI is InChI=1S/C16H20F2N2O.ClH/c1-8(13-11(17)3-2-4-12(13)18)20-16(21)14-9-5-6-10(7-9)15(14)19;/h2-4,8-10,14-15H,5-7,19H2,1H3,(H,20,21);1H. The van der Waals surface area contributed by atoms with Crippen LogP contribution in [0.15, 0.2) is 18.2 Å². The lowest BCUT2D eigenvalue weighted by Crippen LogP contribution is -2.46. The van der Waals surface area contributed by atoms with Crippen molar-refractivity contribution < 1.29 is 13.6 Å². The Morgan fingerprint density at radius 1 is 1.27 bits per heavy atom. The summed E-state index contributed by atoms with van der Waals surface area (Å²) < 4.78 is 27.5. The van der Waals surface area contributed by atoms with Gasteiger partial charge in [0.25, 0.3) is 0 Å². The second-order valence-corrected chi connectivity index (χ2v) is 6.30. The van der Waals surface area contributed by atoms with Gasteiger partial charge in [0.2, 0.25) is 5.91 Å². The van der Waals surface area contributed by atoms with Gasteiger partial charge in [-0.1, -0.05) is 6.07 Å². The van der Waals surface area contributed by atoms with Gasteiger partial charge in [-0.3, -0.25) is 4.79 Å². The molecule has 22 heavy (non-hydrogen) atoms. The van der Waals surface area contributed by atoms with E-state index >= 15 is 0 Å². The number of halogens is 3. The van der Waals surface area contributed by atoms with Crippen LogP contribution in [-0.4, -0.2) is 11.9 Å². The molecule has 3 nitrogen and oxygen atoms in total. The van der Waals surface area contributed by atoms with Gasteiger partial charge >= 0.3 is 0 Å². The summed E-state index contributed by atoms with van der Waals surface area (Å²) in [4.78, 5) is 12.4. The molecule has 1 amide bonds. The van der Waals surface area contributed by atoms with Gasteiger partial charge in [-0.15, -0.1) is 12.4 Å². The van der Waals surface area contributed by atoms with Crippen LogP contribution < -0.4 is 11.1 Å². The number of hydrogen-bond acceptors (Lipinski definition) is 2. The Bertz CT molecular complexity index is 547. The number of nitrogens with two attached hydrogens (primary N) is 1. The fourth-order valence-corrected chi connectivity index (χ4v) is 4.03. The second kappa shape index (κ2) is 6.50. The van der Waals surface area contributed by atoms with Gasteiger partial charge in [-0.2, -0.15) is 0 Å². The smallest absolute Gasteiger partial charge is 0.225 e. The number of amides is 1. The van der Waals surface area contributed by atoms with Crippen LogP contribution in [-0.2, 0) is 4.79 Å². The molecule has 0 radical (unpaired) electrons. The fraction of sp³-hybridized carbons (Fsp3) is 0.562. The van der Waals surface area contributed by atoms with Crippen molar-refractivity contribution in [1.82, 2.24) is 5.32 Å². The van der Waals surface area contributed by atoms with Crippen molar-refractivity contribution in [3.8, 4) is 0 Å². The molecule has 2 fully saturated rings. The Morgan fingerprint density at radius 2 is 1.86 bits per heavy atom. The summed E-state index contributed by atoms with van der Waals surface area (Å²) in [5.41, 5.74) is 6.04. The first-order valence-electron chi connectivity index (χ1n) is 7.49. The van der Waals surface area contributed by atoms with E-state index in [1.165, 1.54) is 18.2 Å². The maximum Gasteiger partial charge on any atom is 0.225 e. The highest BCUT2D eigenvalue weighted by molar-refractivity contribution is 5.85. The highest BCUT2D eigenvalue weighted by Crippen LogP contribution is 2.47. The number of carbonyl (C=O) groups excluding carboxylic acids is 1. The maximum absolute atomic E-state index is 13.7. The normalized spacial score (nSPS) is 30.7. The van der Waals surface area contributed by atoms with Crippen molar-refractivity contribution >= 4 is 18.3 Å². The molecule has 0 spiro atoms. The van der Waals surface area contributed by atoms with Crippen LogP contribution in [0.5, 0.6) is 0 Å². The summed E-state index contributed by atoms with van der Waals surface area (Å²) >= 11 is 0. The lowest BCUT2D eigenvalue weighted by atomic mass is 9.84. The van der Waals surface area contributed by atoms with Crippen molar-refractivity contribution in [2.75, 3.05) is 0 Å². The first kappa shape index (κ1) is 17.2. The molecule has 2 saturated carbocycles. The predicted octanol–water partition coefficient (Wildman–Crippen LogP) is 2.94.